The van der Waals surface area contributed by atoms with E-state index in [2.05, 4.69) is 5.32 Å². The molecule has 0 saturated heterocycles. The number of hydrogen-bond acceptors (Lipinski definition) is 2. The van der Waals surface area contributed by atoms with Gasteiger partial charge in [0, 0.05) is 13.0 Å². The van der Waals surface area contributed by atoms with Crippen molar-refractivity contribution in [1.82, 2.24) is 5.32 Å². The van der Waals surface area contributed by atoms with E-state index in [4.69, 9.17) is 17.3 Å². The highest BCUT2D eigenvalue weighted by Crippen LogP contribution is 1.76. The van der Waals surface area contributed by atoms with Crippen LogP contribution in [0.3, 0.4) is 0 Å². The summed E-state index contributed by atoms with van der Waals surface area (Å²) >= 11 is 5.14. The second-order valence-electron chi connectivity index (χ2n) is 1.70. The third-order valence-electron chi connectivity index (χ3n) is 0.815. The van der Waals surface area contributed by atoms with Crippen molar-refractivity contribution in [2.75, 3.05) is 12.4 Å². The Balaban J connectivity index is 3.20. The van der Waals surface area contributed by atoms with Gasteiger partial charge in [0.1, 0.15) is 5.88 Å². The number of primary amides is 1. The average Bonchev–Trinajstić information content (AvgIpc) is 1.87. The number of halogens is 1. The second-order valence-corrected chi connectivity index (χ2v) is 1.97. The fourth-order valence-electron chi connectivity index (χ4n) is 0.372. The van der Waals surface area contributed by atoms with Gasteiger partial charge in [0.2, 0.25) is 11.8 Å². The highest BCUT2D eigenvalue weighted by molar-refractivity contribution is 6.27. The van der Waals surface area contributed by atoms with E-state index in [1.807, 2.05) is 0 Å². The summed E-state index contributed by atoms with van der Waals surface area (Å²) in [5.41, 5.74) is 4.80. The maximum absolute atomic E-state index is 10.4. The van der Waals surface area contributed by atoms with Gasteiger partial charge in [-0.2, -0.15) is 0 Å². The molecule has 3 N–H and O–H groups in total. The third-order valence-corrected chi connectivity index (χ3v) is 1.06. The molecule has 0 heterocycles. The molecule has 0 radical (unpaired) electrons. The van der Waals surface area contributed by atoms with E-state index in [-0.39, 0.29) is 24.8 Å². The number of nitrogens with one attached hydrogen (secondary N) is 1. The van der Waals surface area contributed by atoms with Crippen LogP contribution in [0.15, 0.2) is 0 Å². The molecule has 0 rings (SSSR count). The van der Waals surface area contributed by atoms with E-state index >= 15 is 0 Å². The van der Waals surface area contributed by atoms with E-state index in [1.54, 1.807) is 0 Å². The lowest BCUT2D eigenvalue weighted by atomic mass is 10.4. The summed E-state index contributed by atoms with van der Waals surface area (Å²) < 4.78 is 0. The minimum Gasteiger partial charge on any atom is -0.370 e. The maximum Gasteiger partial charge on any atom is 0.234 e. The van der Waals surface area contributed by atoms with Crippen molar-refractivity contribution in [3.63, 3.8) is 0 Å². The van der Waals surface area contributed by atoms with Gasteiger partial charge in [0.05, 0.1) is 0 Å². The molecule has 58 valence electrons. The topological polar surface area (TPSA) is 72.2 Å². The molecule has 0 fully saturated rings. The van der Waals surface area contributed by atoms with Crippen molar-refractivity contribution < 1.29 is 9.59 Å². The van der Waals surface area contributed by atoms with Gasteiger partial charge >= 0.3 is 0 Å². The Morgan fingerprint density at radius 3 is 2.50 bits per heavy atom. The van der Waals surface area contributed by atoms with E-state index < -0.39 is 5.91 Å². The molecule has 0 spiro atoms. The molecule has 0 aliphatic rings. The first-order valence-corrected chi connectivity index (χ1v) is 3.31. The van der Waals surface area contributed by atoms with Crippen LogP contribution in [0.5, 0.6) is 0 Å². The first kappa shape index (κ1) is 9.23. The van der Waals surface area contributed by atoms with Gasteiger partial charge in [-0.1, -0.05) is 0 Å². The minimum absolute atomic E-state index is 0.0846. The Labute approximate surface area is 63.7 Å². The van der Waals surface area contributed by atoms with Gasteiger partial charge < -0.3 is 11.1 Å². The maximum atomic E-state index is 10.4. The summed E-state index contributed by atoms with van der Waals surface area (Å²) in [6.07, 6.45) is 0.155. The molecule has 5 heteroatoms. The fraction of sp³-hybridized carbons (Fsp3) is 0.600. The van der Waals surface area contributed by atoms with Crippen molar-refractivity contribution >= 4 is 23.4 Å². The monoisotopic (exact) mass is 164 g/mol. The molecular weight excluding hydrogens is 156 g/mol. The number of carbonyl (C=O) groups excluding carboxylic acids is 2. The smallest absolute Gasteiger partial charge is 0.234 e. The van der Waals surface area contributed by atoms with Gasteiger partial charge in [0.25, 0.3) is 0 Å². The molecule has 0 unspecified atom stereocenters. The number of carbonyl (C=O) groups is 2. The molecule has 0 aliphatic heterocycles. The molecule has 0 bridgehead atoms. The second kappa shape index (κ2) is 5.05. The van der Waals surface area contributed by atoms with Gasteiger partial charge in [-0.15, -0.1) is 11.6 Å². The van der Waals surface area contributed by atoms with Crippen LogP contribution >= 0.6 is 11.6 Å². The summed E-state index contributed by atoms with van der Waals surface area (Å²) in [6.45, 7) is 0.265. The molecule has 2 amide bonds. The van der Waals surface area contributed by atoms with Gasteiger partial charge in [-0.25, -0.2) is 0 Å². The predicted octanol–water partition coefficient (Wildman–Crippen LogP) is -0.783. The summed E-state index contributed by atoms with van der Waals surface area (Å²) in [6, 6.07) is 0. The Hall–Kier alpha value is -0.770. The number of nitrogens with two attached hydrogens (primary N) is 1. The fourth-order valence-corrected chi connectivity index (χ4v) is 0.467. The number of hydrogen-bond donors (Lipinski definition) is 2. The molecule has 4 nitrogen and oxygen atoms in total. The lowest BCUT2D eigenvalue weighted by Crippen LogP contribution is -2.28. The van der Waals surface area contributed by atoms with Gasteiger partial charge in [-0.05, 0) is 0 Å². The Morgan fingerprint density at radius 2 is 2.10 bits per heavy atom. The standard InChI is InChI=1S/C5H9ClN2O2/c6-3-5(10)8-2-1-4(7)9/h1-3H2,(H2,7,9)(H,8,10). The van der Waals surface area contributed by atoms with Crippen LogP contribution < -0.4 is 11.1 Å². The number of alkyl halides is 1. The largest absolute Gasteiger partial charge is 0.370 e. The lowest BCUT2D eigenvalue weighted by Gasteiger charge is -1.98. The van der Waals surface area contributed by atoms with Crippen molar-refractivity contribution in [2.45, 2.75) is 6.42 Å². The molecule has 0 aliphatic carbocycles. The van der Waals surface area contributed by atoms with Crippen LogP contribution in [0.4, 0.5) is 0 Å². The molecule has 10 heavy (non-hydrogen) atoms. The van der Waals surface area contributed by atoms with Gasteiger partial charge in [0.15, 0.2) is 0 Å². The van der Waals surface area contributed by atoms with Crippen molar-refractivity contribution in [3.05, 3.63) is 0 Å². The third kappa shape index (κ3) is 5.37. The van der Waals surface area contributed by atoms with Crippen LogP contribution in [0, 0.1) is 0 Å². The van der Waals surface area contributed by atoms with E-state index in [0.717, 1.165) is 0 Å². The van der Waals surface area contributed by atoms with Crippen LogP contribution in [0.1, 0.15) is 6.42 Å². The Kier molecular flexibility index (Phi) is 4.66. The SMILES string of the molecule is NC(=O)CCNC(=O)CCl. The Morgan fingerprint density at radius 1 is 1.50 bits per heavy atom. The average molecular weight is 165 g/mol. The molecule has 0 aromatic rings. The molecule has 0 aromatic carbocycles. The van der Waals surface area contributed by atoms with Crippen molar-refractivity contribution in [3.8, 4) is 0 Å². The summed E-state index contributed by atoms with van der Waals surface area (Å²) in [5.74, 6) is -0.809. The minimum atomic E-state index is -0.435. The van der Waals surface area contributed by atoms with Crippen molar-refractivity contribution in [1.29, 1.82) is 0 Å². The first-order chi connectivity index (χ1) is 4.66. The van der Waals surface area contributed by atoms with Gasteiger partial charge in [-0.3, -0.25) is 9.59 Å². The molecule has 0 aromatic heterocycles. The van der Waals surface area contributed by atoms with Crippen molar-refractivity contribution in [2.24, 2.45) is 5.73 Å². The normalized spacial score (nSPS) is 8.90. The highest BCUT2D eigenvalue weighted by Gasteiger charge is 1.97. The van der Waals surface area contributed by atoms with Crippen LogP contribution in [-0.4, -0.2) is 24.2 Å². The summed E-state index contributed by atoms with van der Waals surface area (Å²) in [7, 11) is 0. The predicted molar refractivity (Wildman–Crippen MR) is 37.5 cm³/mol. The molecular formula is C5H9ClN2O2. The highest BCUT2D eigenvalue weighted by atomic mass is 35.5. The van der Waals surface area contributed by atoms with E-state index in [9.17, 15) is 9.59 Å². The number of amides is 2. The van der Waals surface area contributed by atoms with Crippen LogP contribution in [0.25, 0.3) is 0 Å². The zero-order valence-electron chi connectivity index (χ0n) is 5.39. The lowest BCUT2D eigenvalue weighted by molar-refractivity contribution is -0.119. The number of rotatable bonds is 4. The van der Waals surface area contributed by atoms with E-state index in [1.165, 1.54) is 0 Å². The Bertz CT molecular complexity index is 138. The van der Waals surface area contributed by atoms with E-state index in [0.29, 0.717) is 0 Å². The zero-order valence-corrected chi connectivity index (χ0v) is 6.15. The van der Waals surface area contributed by atoms with Crippen LogP contribution in [0.2, 0.25) is 0 Å². The quantitative estimate of drug-likeness (QED) is 0.535. The molecule has 0 atom stereocenters. The zero-order chi connectivity index (χ0) is 7.98. The molecule has 0 saturated carbocycles. The summed E-state index contributed by atoms with van der Waals surface area (Å²) in [4.78, 5) is 20.5. The van der Waals surface area contributed by atoms with Crippen LogP contribution in [-0.2, 0) is 9.59 Å². The first-order valence-electron chi connectivity index (χ1n) is 2.77. The summed E-state index contributed by atoms with van der Waals surface area (Å²) in [5, 5.41) is 2.39.